The molecule has 2 unspecified atom stereocenters. The van der Waals surface area contributed by atoms with Gasteiger partial charge in [-0.05, 0) is 26.7 Å². The Kier molecular flexibility index (Phi) is 7.39. The maximum Gasteiger partial charge on any atom is 0.323 e. The highest BCUT2D eigenvalue weighted by atomic mass is 16.5. The van der Waals surface area contributed by atoms with E-state index in [0.29, 0.717) is 12.6 Å². The van der Waals surface area contributed by atoms with Gasteiger partial charge in [0, 0.05) is 32.2 Å². The lowest BCUT2D eigenvalue weighted by atomic mass is 10.1. The van der Waals surface area contributed by atoms with Crippen molar-refractivity contribution in [2.45, 2.75) is 59.0 Å². The third-order valence-electron chi connectivity index (χ3n) is 4.12. The molecule has 1 rings (SSSR count). The third-order valence-corrected chi connectivity index (χ3v) is 4.12. The monoisotopic (exact) mass is 270 g/mol. The van der Waals surface area contributed by atoms with E-state index in [2.05, 4.69) is 30.6 Å². The highest BCUT2D eigenvalue weighted by Crippen LogP contribution is 2.15. The van der Waals surface area contributed by atoms with E-state index < -0.39 is 0 Å². The number of carbonyl (C=O) groups excluding carboxylic acids is 1. The van der Waals surface area contributed by atoms with Gasteiger partial charge in [0.1, 0.15) is 6.04 Å². The average molecular weight is 270 g/mol. The summed E-state index contributed by atoms with van der Waals surface area (Å²) in [6.07, 6.45) is 3.12. The number of nitrogens with zero attached hydrogens (tertiary/aromatic N) is 2. The summed E-state index contributed by atoms with van der Waals surface area (Å²) in [5.74, 6) is -0.0404. The minimum atomic E-state index is -0.0404. The molecule has 112 valence electrons. The van der Waals surface area contributed by atoms with Crippen molar-refractivity contribution in [3.63, 3.8) is 0 Å². The summed E-state index contributed by atoms with van der Waals surface area (Å²) in [7, 11) is 0. The van der Waals surface area contributed by atoms with E-state index >= 15 is 0 Å². The molecule has 0 aromatic rings. The van der Waals surface area contributed by atoms with Crippen LogP contribution in [0.15, 0.2) is 0 Å². The van der Waals surface area contributed by atoms with E-state index in [4.69, 9.17) is 4.74 Å². The van der Waals surface area contributed by atoms with Crippen LogP contribution in [0.4, 0.5) is 0 Å². The first-order valence-electron chi connectivity index (χ1n) is 7.78. The second-order valence-corrected chi connectivity index (χ2v) is 5.39. The van der Waals surface area contributed by atoms with Crippen LogP contribution in [0, 0.1) is 0 Å². The molecule has 0 N–H and O–H groups in total. The van der Waals surface area contributed by atoms with Crippen molar-refractivity contribution in [3.8, 4) is 0 Å². The lowest BCUT2D eigenvalue weighted by Crippen LogP contribution is -2.54. The smallest absolute Gasteiger partial charge is 0.323 e. The lowest BCUT2D eigenvalue weighted by Gasteiger charge is -2.40. The van der Waals surface area contributed by atoms with Crippen LogP contribution in [0.1, 0.15) is 47.0 Å². The lowest BCUT2D eigenvalue weighted by molar-refractivity contribution is -0.150. The number of hydrogen-bond acceptors (Lipinski definition) is 4. The molecule has 1 saturated heterocycles. The van der Waals surface area contributed by atoms with Crippen LogP contribution in [0.2, 0.25) is 0 Å². The van der Waals surface area contributed by atoms with Crippen LogP contribution in [0.5, 0.6) is 0 Å². The Morgan fingerprint density at radius 1 is 1.11 bits per heavy atom. The molecule has 0 radical (unpaired) electrons. The van der Waals surface area contributed by atoms with Crippen molar-refractivity contribution < 1.29 is 9.53 Å². The van der Waals surface area contributed by atoms with Gasteiger partial charge in [0.05, 0.1) is 6.61 Å². The predicted octanol–water partition coefficient (Wildman–Crippen LogP) is 2.13. The summed E-state index contributed by atoms with van der Waals surface area (Å²) in [5, 5.41) is 0. The molecule has 0 aromatic heterocycles. The van der Waals surface area contributed by atoms with Crippen LogP contribution in [0.25, 0.3) is 0 Å². The summed E-state index contributed by atoms with van der Waals surface area (Å²) >= 11 is 0. The Morgan fingerprint density at radius 3 is 2.16 bits per heavy atom. The maximum atomic E-state index is 12.0. The Morgan fingerprint density at radius 2 is 1.68 bits per heavy atom. The largest absolute Gasteiger partial charge is 0.465 e. The molecule has 0 saturated carbocycles. The average Bonchev–Trinajstić information content (AvgIpc) is 2.44. The Bertz CT molecular complexity index is 263. The zero-order valence-electron chi connectivity index (χ0n) is 13.0. The fraction of sp³-hybridized carbons (Fsp3) is 0.933. The summed E-state index contributed by atoms with van der Waals surface area (Å²) < 4.78 is 5.21. The van der Waals surface area contributed by atoms with Crippen LogP contribution >= 0.6 is 0 Å². The van der Waals surface area contributed by atoms with Crippen molar-refractivity contribution in [2.24, 2.45) is 0 Å². The SMILES string of the molecule is CCCC(C(=O)OCC)N1CCN(C(C)CC)CC1. The maximum absolute atomic E-state index is 12.0. The predicted molar refractivity (Wildman–Crippen MR) is 78.2 cm³/mol. The van der Waals surface area contributed by atoms with Gasteiger partial charge in [0.15, 0.2) is 0 Å². The molecule has 0 amide bonds. The van der Waals surface area contributed by atoms with Crippen LogP contribution in [-0.2, 0) is 9.53 Å². The first-order valence-corrected chi connectivity index (χ1v) is 7.78. The van der Waals surface area contributed by atoms with Gasteiger partial charge in [-0.15, -0.1) is 0 Å². The molecule has 2 atom stereocenters. The summed E-state index contributed by atoms with van der Waals surface area (Å²) in [6, 6.07) is 0.610. The minimum absolute atomic E-state index is 0.0379. The number of piperazine rings is 1. The molecule has 0 bridgehead atoms. The van der Waals surface area contributed by atoms with Gasteiger partial charge in [0.2, 0.25) is 0 Å². The van der Waals surface area contributed by atoms with Gasteiger partial charge >= 0.3 is 5.97 Å². The highest BCUT2D eigenvalue weighted by molar-refractivity contribution is 5.75. The van der Waals surface area contributed by atoms with Crippen molar-refractivity contribution in [1.29, 1.82) is 0 Å². The number of rotatable bonds is 7. The van der Waals surface area contributed by atoms with E-state index in [0.717, 1.165) is 39.0 Å². The summed E-state index contributed by atoms with van der Waals surface area (Å²) in [6.45, 7) is 13.1. The molecular weight excluding hydrogens is 240 g/mol. The summed E-state index contributed by atoms with van der Waals surface area (Å²) in [4.78, 5) is 16.9. The van der Waals surface area contributed by atoms with E-state index in [-0.39, 0.29) is 12.0 Å². The molecule has 0 aromatic carbocycles. The van der Waals surface area contributed by atoms with Crippen molar-refractivity contribution in [1.82, 2.24) is 9.80 Å². The normalized spacial score (nSPS) is 21.1. The molecule has 0 spiro atoms. The highest BCUT2D eigenvalue weighted by Gasteiger charge is 2.30. The third kappa shape index (κ3) is 4.77. The van der Waals surface area contributed by atoms with Gasteiger partial charge in [-0.1, -0.05) is 20.3 Å². The molecular formula is C15H30N2O2. The quantitative estimate of drug-likeness (QED) is 0.664. The van der Waals surface area contributed by atoms with Crippen molar-refractivity contribution in [3.05, 3.63) is 0 Å². The molecule has 4 nitrogen and oxygen atoms in total. The van der Waals surface area contributed by atoms with Gasteiger partial charge in [-0.2, -0.15) is 0 Å². The topological polar surface area (TPSA) is 32.8 Å². The Balaban J connectivity index is 2.52. The van der Waals surface area contributed by atoms with Crippen LogP contribution < -0.4 is 0 Å². The van der Waals surface area contributed by atoms with Gasteiger partial charge < -0.3 is 4.74 Å². The standard InChI is InChI=1S/C15H30N2O2/c1-5-8-14(15(18)19-7-3)17-11-9-16(10-12-17)13(4)6-2/h13-14H,5-12H2,1-4H3. The van der Waals surface area contributed by atoms with E-state index in [1.807, 2.05) is 6.92 Å². The molecule has 19 heavy (non-hydrogen) atoms. The van der Waals surface area contributed by atoms with Crippen molar-refractivity contribution >= 4 is 5.97 Å². The molecule has 0 aliphatic carbocycles. The van der Waals surface area contributed by atoms with Gasteiger partial charge in [0.25, 0.3) is 0 Å². The zero-order valence-corrected chi connectivity index (χ0v) is 13.0. The zero-order chi connectivity index (χ0) is 14.3. The number of esters is 1. The first kappa shape index (κ1) is 16.4. The summed E-state index contributed by atoms with van der Waals surface area (Å²) in [5.41, 5.74) is 0. The molecule has 1 aliphatic heterocycles. The molecule has 1 heterocycles. The minimum Gasteiger partial charge on any atom is -0.465 e. The second-order valence-electron chi connectivity index (χ2n) is 5.39. The van der Waals surface area contributed by atoms with E-state index in [1.54, 1.807) is 0 Å². The Labute approximate surface area is 118 Å². The van der Waals surface area contributed by atoms with E-state index in [9.17, 15) is 4.79 Å². The number of carbonyl (C=O) groups is 1. The Hall–Kier alpha value is -0.610. The first-order chi connectivity index (χ1) is 9.13. The molecule has 1 aliphatic rings. The fourth-order valence-electron chi connectivity index (χ4n) is 2.71. The molecule has 4 heteroatoms. The van der Waals surface area contributed by atoms with Crippen LogP contribution in [-0.4, -0.2) is 60.6 Å². The van der Waals surface area contributed by atoms with E-state index in [1.165, 1.54) is 6.42 Å². The number of hydrogen-bond donors (Lipinski definition) is 0. The van der Waals surface area contributed by atoms with Crippen LogP contribution in [0.3, 0.4) is 0 Å². The van der Waals surface area contributed by atoms with Gasteiger partial charge in [-0.25, -0.2) is 0 Å². The van der Waals surface area contributed by atoms with Gasteiger partial charge in [-0.3, -0.25) is 14.6 Å². The number of ether oxygens (including phenoxy) is 1. The molecule has 1 fully saturated rings. The van der Waals surface area contributed by atoms with Crippen molar-refractivity contribution in [2.75, 3.05) is 32.8 Å². The second kappa shape index (κ2) is 8.54. The fourth-order valence-corrected chi connectivity index (χ4v) is 2.71.